The van der Waals surface area contributed by atoms with Crippen molar-refractivity contribution in [3.05, 3.63) is 34.0 Å². The SMILES string of the molecule is C=CCN(Cc1ccc(Cl)s1)C(=O)CCCCNC(N)=O. The highest BCUT2D eigenvalue weighted by atomic mass is 35.5. The molecule has 0 fully saturated rings. The molecule has 1 heterocycles. The lowest BCUT2D eigenvalue weighted by molar-refractivity contribution is -0.131. The highest BCUT2D eigenvalue weighted by Crippen LogP contribution is 2.23. The lowest BCUT2D eigenvalue weighted by atomic mass is 10.2. The third-order valence-corrected chi connectivity index (χ3v) is 4.01. The fraction of sp³-hybridized carbons (Fsp3) is 0.429. The first kappa shape index (κ1) is 17.5. The number of hydrogen-bond acceptors (Lipinski definition) is 3. The Morgan fingerprint density at radius 2 is 2.19 bits per heavy atom. The summed E-state index contributed by atoms with van der Waals surface area (Å²) in [5.74, 6) is 0.0681. The predicted molar refractivity (Wildman–Crippen MR) is 86.4 cm³/mol. The van der Waals surface area contributed by atoms with Crippen LogP contribution in [0.1, 0.15) is 24.1 Å². The van der Waals surface area contributed by atoms with Gasteiger partial charge in [-0.15, -0.1) is 17.9 Å². The summed E-state index contributed by atoms with van der Waals surface area (Å²) in [4.78, 5) is 25.5. The highest BCUT2D eigenvalue weighted by Gasteiger charge is 2.13. The monoisotopic (exact) mass is 329 g/mol. The number of urea groups is 1. The molecular formula is C14H20ClN3O2S. The summed E-state index contributed by atoms with van der Waals surface area (Å²) >= 11 is 7.37. The number of carbonyl (C=O) groups excluding carboxylic acids is 2. The average molecular weight is 330 g/mol. The first-order chi connectivity index (χ1) is 10.0. The van der Waals surface area contributed by atoms with E-state index in [9.17, 15) is 9.59 Å². The van der Waals surface area contributed by atoms with E-state index < -0.39 is 6.03 Å². The Hall–Kier alpha value is -1.53. The molecule has 5 nitrogen and oxygen atoms in total. The van der Waals surface area contributed by atoms with Crippen molar-refractivity contribution in [2.75, 3.05) is 13.1 Å². The summed E-state index contributed by atoms with van der Waals surface area (Å²) in [5.41, 5.74) is 4.96. The zero-order chi connectivity index (χ0) is 15.7. The standard InChI is InChI=1S/C14H20ClN3O2S/c1-2-9-18(10-11-6-7-12(15)21-11)13(19)5-3-4-8-17-14(16)20/h2,6-7H,1,3-5,8-10H2,(H3,16,17,20). The maximum atomic E-state index is 12.2. The van der Waals surface area contributed by atoms with E-state index in [0.717, 1.165) is 11.3 Å². The van der Waals surface area contributed by atoms with Crippen molar-refractivity contribution in [3.8, 4) is 0 Å². The van der Waals surface area contributed by atoms with E-state index in [4.69, 9.17) is 17.3 Å². The van der Waals surface area contributed by atoms with Crippen LogP contribution in [-0.2, 0) is 11.3 Å². The van der Waals surface area contributed by atoms with Crippen LogP contribution >= 0.6 is 22.9 Å². The van der Waals surface area contributed by atoms with Crippen LogP contribution in [0.3, 0.4) is 0 Å². The molecule has 21 heavy (non-hydrogen) atoms. The summed E-state index contributed by atoms with van der Waals surface area (Å²) in [7, 11) is 0. The van der Waals surface area contributed by atoms with Gasteiger partial charge < -0.3 is 16.0 Å². The molecule has 0 aliphatic rings. The maximum Gasteiger partial charge on any atom is 0.312 e. The number of primary amides is 1. The molecule has 1 rings (SSSR count). The molecule has 0 bridgehead atoms. The lowest BCUT2D eigenvalue weighted by Crippen LogP contribution is -2.31. The minimum absolute atomic E-state index is 0.0681. The summed E-state index contributed by atoms with van der Waals surface area (Å²) in [5, 5.41) is 2.50. The predicted octanol–water partition coefficient (Wildman–Crippen LogP) is 2.75. The number of thiophene rings is 1. The molecule has 0 atom stereocenters. The third-order valence-electron chi connectivity index (χ3n) is 2.79. The van der Waals surface area contributed by atoms with Crippen LogP contribution in [0.4, 0.5) is 4.79 Å². The number of rotatable bonds is 9. The van der Waals surface area contributed by atoms with Crippen LogP contribution in [0.2, 0.25) is 4.34 Å². The molecule has 116 valence electrons. The van der Waals surface area contributed by atoms with Gasteiger partial charge in [-0.05, 0) is 25.0 Å². The fourth-order valence-corrected chi connectivity index (χ4v) is 2.91. The van der Waals surface area contributed by atoms with Crippen molar-refractivity contribution in [3.63, 3.8) is 0 Å². The molecule has 3 amide bonds. The Kier molecular flexibility index (Phi) is 7.85. The van der Waals surface area contributed by atoms with Gasteiger partial charge in [0.15, 0.2) is 0 Å². The van der Waals surface area contributed by atoms with Crippen LogP contribution < -0.4 is 11.1 Å². The molecule has 0 unspecified atom stereocenters. The average Bonchev–Trinajstić information content (AvgIpc) is 2.83. The quantitative estimate of drug-likeness (QED) is 0.540. The normalized spacial score (nSPS) is 10.1. The van der Waals surface area contributed by atoms with Crippen molar-refractivity contribution >= 4 is 34.9 Å². The minimum atomic E-state index is -0.538. The minimum Gasteiger partial charge on any atom is -0.352 e. The van der Waals surface area contributed by atoms with E-state index >= 15 is 0 Å². The second-order valence-corrected chi connectivity index (χ2v) is 6.32. The van der Waals surface area contributed by atoms with Crippen LogP contribution in [0.5, 0.6) is 0 Å². The van der Waals surface area contributed by atoms with Crippen molar-refractivity contribution in [1.29, 1.82) is 0 Å². The van der Waals surface area contributed by atoms with E-state index in [1.54, 1.807) is 11.0 Å². The Balaban J connectivity index is 2.38. The highest BCUT2D eigenvalue weighted by molar-refractivity contribution is 7.16. The van der Waals surface area contributed by atoms with Gasteiger partial charge in [-0.25, -0.2) is 4.79 Å². The molecule has 0 aliphatic heterocycles. The number of nitrogens with zero attached hydrogens (tertiary/aromatic N) is 1. The molecule has 0 saturated heterocycles. The number of unbranched alkanes of at least 4 members (excludes halogenated alkanes) is 1. The summed E-state index contributed by atoms with van der Waals surface area (Å²) in [6.07, 6.45) is 3.58. The molecule has 3 N–H and O–H groups in total. The second kappa shape index (κ2) is 9.41. The Morgan fingerprint density at radius 3 is 2.76 bits per heavy atom. The van der Waals surface area contributed by atoms with Gasteiger partial charge in [0.05, 0.1) is 10.9 Å². The van der Waals surface area contributed by atoms with Crippen LogP contribution in [-0.4, -0.2) is 29.9 Å². The fourth-order valence-electron chi connectivity index (χ4n) is 1.81. The smallest absolute Gasteiger partial charge is 0.312 e. The van der Waals surface area contributed by atoms with Gasteiger partial charge in [0.25, 0.3) is 0 Å². The van der Waals surface area contributed by atoms with Gasteiger partial charge in [-0.3, -0.25) is 4.79 Å². The summed E-state index contributed by atoms with van der Waals surface area (Å²) in [6, 6.07) is 3.21. The van der Waals surface area contributed by atoms with E-state index in [0.29, 0.717) is 36.8 Å². The number of halogens is 1. The van der Waals surface area contributed by atoms with Crippen molar-refractivity contribution in [2.45, 2.75) is 25.8 Å². The van der Waals surface area contributed by atoms with Gasteiger partial charge in [0.2, 0.25) is 5.91 Å². The molecule has 0 aromatic carbocycles. The van der Waals surface area contributed by atoms with E-state index in [1.807, 2.05) is 12.1 Å². The molecule has 0 radical (unpaired) electrons. The molecule has 0 saturated carbocycles. The van der Waals surface area contributed by atoms with Gasteiger partial charge in [0.1, 0.15) is 0 Å². The Labute approximate surface area is 133 Å². The molecular weight excluding hydrogens is 310 g/mol. The third kappa shape index (κ3) is 7.15. The summed E-state index contributed by atoms with van der Waals surface area (Å²) in [6.45, 7) is 5.22. The molecule has 1 aromatic rings. The number of hydrogen-bond donors (Lipinski definition) is 2. The molecule has 1 aromatic heterocycles. The molecule has 0 aliphatic carbocycles. The van der Waals surface area contributed by atoms with E-state index in [-0.39, 0.29) is 5.91 Å². The molecule has 7 heteroatoms. The maximum absolute atomic E-state index is 12.2. The largest absolute Gasteiger partial charge is 0.352 e. The lowest BCUT2D eigenvalue weighted by Gasteiger charge is -2.20. The Bertz CT molecular complexity index is 490. The van der Waals surface area contributed by atoms with Crippen molar-refractivity contribution < 1.29 is 9.59 Å². The van der Waals surface area contributed by atoms with Crippen molar-refractivity contribution in [1.82, 2.24) is 10.2 Å². The number of nitrogens with two attached hydrogens (primary N) is 1. The first-order valence-electron chi connectivity index (χ1n) is 6.69. The number of nitrogens with one attached hydrogen (secondary N) is 1. The number of carbonyl (C=O) groups is 2. The molecule has 0 spiro atoms. The van der Waals surface area contributed by atoms with Gasteiger partial charge in [-0.2, -0.15) is 0 Å². The zero-order valence-corrected chi connectivity index (χ0v) is 13.4. The van der Waals surface area contributed by atoms with E-state index in [2.05, 4.69) is 11.9 Å². The van der Waals surface area contributed by atoms with Gasteiger partial charge >= 0.3 is 6.03 Å². The van der Waals surface area contributed by atoms with E-state index in [1.165, 1.54) is 11.3 Å². The zero-order valence-electron chi connectivity index (χ0n) is 11.8. The van der Waals surface area contributed by atoms with Gasteiger partial charge in [0, 0.05) is 24.4 Å². The van der Waals surface area contributed by atoms with Crippen molar-refractivity contribution in [2.24, 2.45) is 5.73 Å². The topological polar surface area (TPSA) is 75.4 Å². The Morgan fingerprint density at radius 1 is 1.43 bits per heavy atom. The van der Waals surface area contributed by atoms with Crippen LogP contribution in [0, 0.1) is 0 Å². The first-order valence-corrected chi connectivity index (χ1v) is 7.88. The van der Waals surface area contributed by atoms with Crippen LogP contribution in [0.25, 0.3) is 0 Å². The van der Waals surface area contributed by atoms with Crippen LogP contribution in [0.15, 0.2) is 24.8 Å². The second-order valence-electron chi connectivity index (χ2n) is 4.52. The summed E-state index contributed by atoms with van der Waals surface area (Å²) < 4.78 is 0.716. The number of amides is 3. The van der Waals surface area contributed by atoms with Gasteiger partial charge in [-0.1, -0.05) is 17.7 Å².